The van der Waals surface area contributed by atoms with Crippen LogP contribution in [0.4, 0.5) is 5.69 Å². The first-order chi connectivity index (χ1) is 9.60. The molecular formula is C16H21BrN2OS. The molecule has 2 aromatic rings. The van der Waals surface area contributed by atoms with E-state index in [4.69, 9.17) is 0 Å². The molecule has 5 heteroatoms. The molecule has 0 aliphatic carbocycles. The lowest BCUT2D eigenvalue weighted by molar-refractivity contribution is 0.387. The summed E-state index contributed by atoms with van der Waals surface area (Å²) in [6.07, 6.45) is 0. The second-order valence-corrected chi connectivity index (χ2v) is 6.70. The van der Waals surface area contributed by atoms with Crippen molar-refractivity contribution < 1.29 is 5.21 Å². The molecule has 0 amide bonds. The summed E-state index contributed by atoms with van der Waals surface area (Å²) >= 11 is 5.05. The van der Waals surface area contributed by atoms with Crippen molar-refractivity contribution in [2.24, 2.45) is 0 Å². The van der Waals surface area contributed by atoms with Crippen molar-refractivity contribution >= 4 is 33.4 Å². The Kier molecular flexibility index (Phi) is 7.25. The smallest absolute Gasteiger partial charge is 0.0752 e. The molecule has 0 spiro atoms. The average Bonchev–Trinajstić information content (AvgIpc) is 2.42. The van der Waals surface area contributed by atoms with Gasteiger partial charge in [0.15, 0.2) is 0 Å². The number of rotatable bonds is 5. The van der Waals surface area contributed by atoms with E-state index >= 15 is 0 Å². The summed E-state index contributed by atoms with van der Waals surface area (Å²) in [5.41, 5.74) is 4.23. The fraction of sp³-hybridized carbons (Fsp3) is 0.250. The molecule has 0 unspecified atom stereocenters. The Bertz CT molecular complexity index is 590. The van der Waals surface area contributed by atoms with Gasteiger partial charge >= 0.3 is 0 Å². The van der Waals surface area contributed by atoms with Crippen LogP contribution in [-0.4, -0.2) is 24.2 Å². The van der Waals surface area contributed by atoms with Gasteiger partial charge in [0.05, 0.1) is 5.69 Å². The van der Waals surface area contributed by atoms with Crippen LogP contribution in [0.15, 0.2) is 56.7 Å². The summed E-state index contributed by atoms with van der Waals surface area (Å²) in [4.78, 5) is 4.33. The van der Waals surface area contributed by atoms with Gasteiger partial charge in [-0.3, -0.25) is 10.7 Å². The van der Waals surface area contributed by atoms with Gasteiger partial charge in [0.1, 0.15) is 0 Å². The second kappa shape index (κ2) is 8.44. The minimum absolute atomic E-state index is 0. The van der Waals surface area contributed by atoms with Gasteiger partial charge in [-0.25, -0.2) is 0 Å². The third kappa shape index (κ3) is 5.04. The van der Waals surface area contributed by atoms with Crippen LogP contribution in [0, 0.1) is 0 Å². The minimum atomic E-state index is 0. The fourth-order valence-electron chi connectivity index (χ4n) is 1.87. The van der Waals surface area contributed by atoms with E-state index in [0.29, 0.717) is 5.69 Å². The first-order valence-electron chi connectivity index (χ1n) is 6.20. The molecule has 0 aromatic heterocycles. The van der Waals surface area contributed by atoms with Crippen molar-refractivity contribution in [2.75, 3.05) is 19.6 Å². The number of nitrogens with zero attached hydrogens (tertiary/aromatic N) is 1. The van der Waals surface area contributed by atoms with Crippen molar-refractivity contribution in [3.8, 4) is 0 Å². The largest absolute Gasteiger partial charge is 0.305 e. The molecule has 0 heterocycles. The van der Waals surface area contributed by atoms with E-state index in [1.807, 2.05) is 24.3 Å². The Morgan fingerprint density at radius 1 is 1.14 bits per heavy atom. The normalized spacial score (nSPS) is 10.3. The number of hydrogen-bond donors (Lipinski definition) is 2. The Hall–Kier alpha value is -1.01. The fourth-order valence-corrected chi connectivity index (χ4v) is 3.23. The van der Waals surface area contributed by atoms with Gasteiger partial charge in [0, 0.05) is 20.8 Å². The van der Waals surface area contributed by atoms with Gasteiger partial charge in [-0.05, 0) is 43.9 Å². The Balaban J connectivity index is 0.00000220. The highest BCUT2D eigenvalue weighted by Crippen LogP contribution is 2.36. The molecule has 0 saturated heterocycles. The summed E-state index contributed by atoms with van der Waals surface area (Å²) in [7, 11) is 4.11. The van der Waals surface area contributed by atoms with Crippen LogP contribution in [0.1, 0.15) is 13.0 Å². The highest BCUT2D eigenvalue weighted by Gasteiger charge is 2.08. The predicted molar refractivity (Wildman–Crippen MR) is 94.2 cm³/mol. The van der Waals surface area contributed by atoms with Gasteiger partial charge < -0.3 is 4.90 Å². The summed E-state index contributed by atoms with van der Waals surface area (Å²) in [5, 5.41) is 9.24. The molecule has 0 aliphatic heterocycles. The lowest BCUT2D eigenvalue weighted by Crippen LogP contribution is -2.11. The first kappa shape index (κ1) is 18.0. The summed E-state index contributed by atoms with van der Waals surface area (Å²) in [6.45, 7) is 0.890. The number of anilines is 1. The Morgan fingerprint density at radius 3 is 2.52 bits per heavy atom. The molecule has 0 saturated carbocycles. The van der Waals surface area contributed by atoms with E-state index in [0.717, 1.165) is 15.9 Å². The van der Waals surface area contributed by atoms with E-state index in [1.165, 1.54) is 10.5 Å². The van der Waals surface area contributed by atoms with Gasteiger partial charge in [0.2, 0.25) is 0 Å². The van der Waals surface area contributed by atoms with E-state index < -0.39 is 0 Å². The summed E-state index contributed by atoms with van der Waals surface area (Å²) in [6, 6.07) is 14.1. The predicted octanol–water partition coefficient (Wildman–Crippen LogP) is 5.10. The van der Waals surface area contributed by atoms with E-state index in [2.05, 4.69) is 58.6 Å². The van der Waals surface area contributed by atoms with Gasteiger partial charge in [-0.1, -0.05) is 53.3 Å². The third-order valence-corrected chi connectivity index (χ3v) is 4.43. The van der Waals surface area contributed by atoms with Crippen molar-refractivity contribution in [1.29, 1.82) is 0 Å². The topological polar surface area (TPSA) is 35.5 Å². The number of nitrogens with one attached hydrogen (secondary N) is 1. The summed E-state index contributed by atoms with van der Waals surface area (Å²) in [5.74, 6) is 0. The van der Waals surface area contributed by atoms with Crippen LogP contribution in [0.3, 0.4) is 0 Å². The first-order valence-corrected chi connectivity index (χ1v) is 7.81. The summed E-state index contributed by atoms with van der Waals surface area (Å²) < 4.78 is 0.931. The van der Waals surface area contributed by atoms with Gasteiger partial charge in [-0.2, -0.15) is 0 Å². The molecule has 0 radical (unpaired) electrons. The lowest BCUT2D eigenvalue weighted by atomic mass is 10.2. The van der Waals surface area contributed by atoms with E-state index in [9.17, 15) is 5.21 Å². The zero-order valence-electron chi connectivity index (χ0n) is 11.4. The van der Waals surface area contributed by atoms with Crippen LogP contribution >= 0.6 is 27.7 Å². The third-order valence-electron chi connectivity index (χ3n) is 2.74. The van der Waals surface area contributed by atoms with E-state index in [1.54, 1.807) is 11.8 Å². The maximum absolute atomic E-state index is 9.24. The van der Waals surface area contributed by atoms with E-state index in [-0.39, 0.29) is 7.43 Å². The Morgan fingerprint density at radius 2 is 1.86 bits per heavy atom. The SMILES string of the molecule is C.CN(C)Cc1ccccc1Sc1ccc(Br)cc1NO. The molecule has 0 fully saturated rings. The van der Waals surface area contributed by atoms with Crippen LogP contribution in [0.25, 0.3) is 0 Å². The Labute approximate surface area is 139 Å². The average molecular weight is 369 g/mol. The highest BCUT2D eigenvalue weighted by molar-refractivity contribution is 9.10. The zero-order valence-corrected chi connectivity index (χ0v) is 13.8. The van der Waals surface area contributed by atoms with Crippen molar-refractivity contribution in [1.82, 2.24) is 4.90 Å². The second-order valence-electron chi connectivity index (χ2n) is 4.70. The maximum Gasteiger partial charge on any atom is 0.0752 e. The number of hydrogen-bond acceptors (Lipinski definition) is 4. The monoisotopic (exact) mass is 368 g/mol. The molecular weight excluding hydrogens is 348 g/mol. The van der Waals surface area contributed by atoms with Gasteiger partial charge in [0.25, 0.3) is 0 Å². The zero-order chi connectivity index (χ0) is 14.5. The van der Waals surface area contributed by atoms with Crippen molar-refractivity contribution in [3.05, 3.63) is 52.5 Å². The lowest BCUT2D eigenvalue weighted by Gasteiger charge is -2.15. The van der Waals surface area contributed by atoms with Crippen LogP contribution in [0.5, 0.6) is 0 Å². The maximum atomic E-state index is 9.24. The van der Waals surface area contributed by atoms with Crippen molar-refractivity contribution in [3.63, 3.8) is 0 Å². The molecule has 3 nitrogen and oxygen atoms in total. The molecule has 0 aliphatic rings. The standard InChI is InChI=1S/C15H17BrN2OS.CH4/c1-18(2)10-11-5-3-4-6-14(11)20-15-8-7-12(16)9-13(15)17-19;/h3-9,17,19H,10H2,1-2H3;1H4. The molecule has 114 valence electrons. The number of benzene rings is 2. The molecule has 21 heavy (non-hydrogen) atoms. The minimum Gasteiger partial charge on any atom is -0.305 e. The molecule has 2 aromatic carbocycles. The quantitative estimate of drug-likeness (QED) is 0.719. The number of halogens is 1. The van der Waals surface area contributed by atoms with Crippen LogP contribution in [0.2, 0.25) is 0 Å². The van der Waals surface area contributed by atoms with Crippen LogP contribution < -0.4 is 5.48 Å². The van der Waals surface area contributed by atoms with Crippen LogP contribution in [-0.2, 0) is 6.54 Å². The van der Waals surface area contributed by atoms with Gasteiger partial charge in [-0.15, -0.1) is 0 Å². The van der Waals surface area contributed by atoms with Crippen molar-refractivity contribution in [2.45, 2.75) is 23.8 Å². The molecule has 0 bridgehead atoms. The molecule has 0 atom stereocenters. The molecule has 2 rings (SSSR count). The highest BCUT2D eigenvalue weighted by atomic mass is 79.9. The molecule has 2 N–H and O–H groups in total.